The lowest BCUT2D eigenvalue weighted by atomic mass is 9.93. The largest absolute Gasteiger partial charge is 0.512 e. The number of esters is 1. The van der Waals surface area contributed by atoms with Crippen molar-refractivity contribution in [3.05, 3.63) is 92.9 Å². The highest BCUT2D eigenvalue weighted by atomic mass is 32.2. The summed E-state index contributed by atoms with van der Waals surface area (Å²) in [6.45, 7) is 2.25. The van der Waals surface area contributed by atoms with Gasteiger partial charge in [0.25, 0.3) is 5.91 Å². The number of benzene rings is 2. The molecule has 2 aromatic carbocycles. The third-order valence-electron chi connectivity index (χ3n) is 7.93. The zero-order valence-corrected chi connectivity index (χ0v) is 25.8. The summed E-state index contributed by atoms with van der Waals surface area (Å²) in [7, 11) is 1.13. The monoisotopic (exact) mass is 657 g/mol. The van der Waals surface area contributed by atoms with Crippen LogP contribution in [0.2, 0.25) is 0 Å². The fraction of sp³-hybridized carbons (Fsp3) is 0.355. The first-order valence-electron chi connectivity index (χ1n) is 14.2. The summed E-state index contributed by atoms with van der Waals surface area (Å²) >= 11 is 1.36. The maximum absolute atomic E-state index is 15.4. The van der Waals surface area contributed by atoms with Crippen molar-refractivity contribution in [1.29, 1.82) is 0 Å². The molecule has 46 heavy (non-hydrogen) atoms. The van der Waals surface area contributed by atoms with Gasteiger partial charge < -0.3 is 28.6 Å². The second-order valence-corrected chi connectivity index (χ2v) is 12.1. The number of nitrogens with zero attached hydrogens (tertiary/aromatic N) is 3. The number of methoxy groups -OCH3 is 1. The normalized spacial score (nSPS) is 18.8. The number of morpholine rings is 1. The smallest absolute Gasteiger partial charge is 0.466 e. The number of pyridine rings is 1. The van der Waals surface area contributed by atoms with Gasteiger partial charge in [0.05, 0.1) is 26.4 Å². The first-order chi connectivity index (χ1) is 22.0. The lowest BCUT2D eigenvalue weighted by molar-refractivity contribution is -0.161. The average molecular weight is 658 g/mol. The van der Waals surface area contributed by atoms with E-state index < -0.39 is 65.4 Å². The molecule has 0 bridgehead atoms. The molecule has 0 saturated carbocycles. The molecule has 2 atom stereocenters. The number of hydrogen-bond donors (Lipinski definition) is 0. The Morgan fingerprint density at radius 3 is 2.65 bits per heavy atom. The van der Waals surface area contributed by atoms with E-state index >= 15 is 4.39 Å². The molecule has 0 N–H and O–H groups in total. The highest BCUT2D eigenvalue weighted by Gasteiger charge is 2.46. The molecule has 4 heterocycles. The summed E-state index contributed by atoms with van der Waals surface area (Å²) in [5.41, 5.74) is -1.09. The first kappa shape index (κ1) is 31.4. The molecule has 1 fully saturated rings. The number of ether oxygens (including phenoxy) is 5. The van der Waals surface area contributed by atoms with Crippen LogP contribution in [0, 0.1) is 11.6 Å². The van der Waals surface area contributed by atoms with Gasteiger partial charge in [0.1, 0.15) is 6.17 Å². The number of fused-ring (bicyclic) bond motifs is 4. The molecule has 6 rings (SSSR count). The molecule has 0 unspecified atom stereocenters. The molecule has 3 aliphatic rings. The zero-order valence-electron chi connectivity index (χ0n) is 25.0. The van der Waals surface area contributed by atoms with Gasteiger partial charge in [0.15, 0.2) is 17.3 Å². The van der Waals surface area contributed by atoms with E-state index in [2.05, 4.69) is 4.74 Å². The molecule has 0 radical (unpaired) electrons. The lowest BCUT2D eigenvalue weighted by Crippen LogP contribution is -2.66. The minimum Gasteiger partial charge on any atom is -0.466 e. The van der Waals surface area contributed by atoms with Gasteiger partial charge in [0.2, 0.25) is 23.6 Å². The Balaban J connectivity index is 1.44. The summed E-state index contributed by atoms with van der Waals surface area (Å²) in [6, 6.07) is 10.5. The zero-order chi connectivity index (χ0) is 32.7. The van der Waals surface area contributed by atoms with Gasteiger partial charge in [-0.15, -0.1) is 11.8 Å². The van der Waals surface area contributed by atoms with Crippen molar-refractivity contribution >= 4 is 29.8 Å². The standard InChI is InChI=1S/C31H29F2N3O9S/c1-31(2,29(39)41-3)45-30(40)44-16-43-27-21(37)10-11-35-26(27)28(38)34-12-13-42-14-23(34)36(35)25-17-8-9-20(32)24(33)19(17)15-46-22-7-5-4-6-18(22)25/h4-11,23,25H,12-16H2,1-3H3/t23-,25+/m1/s1. The fourth-order valence-electron chi connectivity index (χ4n) is 5.77. The molecule has 1 aromatic heterocycles. The molecule has 12 nitrogen and oxygen atoms in total. The van der Waals surface area contributed by atoms with E-state index in [1.54, 1.807) is 5.01 Å². The maximum Gasteiger partial charge on any atom is 0.512 e. The van der Waals surface area contributed by atoms with Crippen LogP contribution >= 0.6 is 11.8 Å². The Morgan fingerprint density at radius 1 is 1.09 bits per heavy atom. The number of carbonyl (C=O) groups excluding carboxylic acids is 3. The molecule has 15 heteroatoms. The second kappa shape index (κ2) is 12.3. The van der Waals surface area contributed by atoms with Crippen LogP contribution in [0.4, 0.5) is 13.6 Å². The van der Waals surface area contributed by atoms with Crippen molar-refractivity contribution in [1.82, 2.24) is 9.58 Å². The molecule has 1 amide bonds. The quantitative estimate of drug-likeness (QED) is 0.285. The van der Waals surface area contributed by atoms with E-state index in [1.807, 2.05) is 24.3 Å². The number of amides is 1. The van der Waals surface area contributed by atoms with Crippen molar-refractivity contribution < 1.29 is 46.8 Å². The van der Waals surface area contributed by atoms with Crippen molar-refractivity contribution in [2.24, 2.45) is 0 Å². The maximum atomic E-state index is 15.4. The molecule has 0 aliphatic carbocycles. The Kier molecular flexibility index (Phi) is 8.37. The summed E-state index contributed by atoms with van der Waals surface area (Å²) in [4.78, 5) is 53.7. The molecule has 1 saturated heterocycles. The Morgan fingerprint density at radius 2 is 1.87 bits per heavy atom. The van der Waals surface area contributed by atoms with E-state index in [0.29, 0.717) is 5.56 Å². The Labute approximate surface area is 265 Å². The van der Waals surface area contributed by atoms with E-state index in [4.69, 9.17) is 18.9 Å². The fourth-order valence-corrected chi connectivity index (χ4v) is 6.89. The van der Waals surface area contributed by atoms with Gasteiger partial charge in [-0.2, -0.15) is 0 Å². The summed E-state index contributed by atoms with van der Waals surface area (Å²) in [5, 5.41) is 1.79. The van der Waals surface area contributed by atoms with Gasteiger partial charge in [-0.25, -0.2) is 18.4 Å². The van der Waals surface area contributed by atoms with Crippen LogP contribution < -0.4 is 15.2 Å². The van der Waals surface area contributed by atoms with Crippen LogP contribution in [-0.4, -0.2) is 73.0 Å². The number of hydrogen-bond acceptors (Lipinski definition) is 11. The molecular formula is C31H29F2N3O9S. The van der Waals surface area contributed by atoms with E-state index in [1.165, 1.54) is 53.5 Å². The third kappa shape index (κ3) is 5.42. The molecule has 0 spiro atoms. The van der Waals surface area contributed by atoms with Crippen molar-refractivity contribution in [3.8, 4) is 5.75 Å². The van der Waals surface area contributed by atoms with Gasteiger partial charge in [-0.05, 0) is 37.1 Å². The number of halogens is 2. The van der Waals surface area contributed by atoms with E-state index in [9.17, 15) is 23.6 Å². The lowest BCUT2D eigenvalue weighted by Gasteiger charge is -2.51. The average Bonchev–Trinajstić information content (AvgIpc) is 3.20. The number of rotatable bonds is 6. The van der Waals surface area contributed by atoms with Gasteiger partial charge in [0, 0.05) is 35.0 Å². The van der Waals surface area contributed by atoms with Crippen LogP contribution in [0.25, 0.3) is 0 Å². The van der Waals surface area contributed by atoms with Gasteiger partial charge >= 0.3 is 12.1 Å². The van der Waals surface area contributed by atoms with E-state index in [0.717, 1.165) is 23.6 Å². The van der Waals surface area contributed by atoms with Crippen LogP contribution in [0.1, 0.15) is 47.1 Å². The Hall–Kier alpha value is -4.63. The van der Waals surface area contributed by atoms with Crippen LogP contribution in [-0.2, 0) is 29.5 Å². The van der Waals surface area contributed by atoms with Crippen LogP contribution in [0.3, 0.4) is 0 Å². The minimum atomic E-state index is -1.66. The van der Waals surface area contributed by atoms with Crippen molar-refractivity contribution in [2.45, 2.75) is 42.3 Å². The van der Waals surface area contributed by atoms with Crippen LogP contribution in [0.15, 0.2) is 58.4 Å². The summed E-state index contributed by atoms with van der Waals surface area (Å²) in [5.74, 6) is -3.56. The molecule has 3 aromatic rings. The summed E-state index contributed by atoms with van der Waals surface area (Å²) in [6.07, 6.45) is -0.583. The topological polar surface area (TPSA) is 126 Å². The molecule has 3 aliphatic heterocycles. The van der Waals surface area contributed by atoms with Gasteiger partial charge in [-0.3, -0.25) is 19.3 Å². The number of thioether (sulfide) groups is 1. The summed E-state index contributed by atoms with van der Waals surface area (Å²) < 4.78 is 57.3. The van der Waals surface area contributed by atoms with Crippen molar-refractivity contribution in [3.63, 3.8) is 0 Å². The second-order valence-electron chi connectivity index (χ2n) is 11.1. The number of aromatic nitrogens is 1. The molecule has 242 valence electrons. The minimum absolute atomic E-state index is 0.0866. The van der Waals surface area contributed by atoms with E-state index in [-0.39, 0.29) is 36.8 Å². The molecular weight excluding hydrogens is 628 g/mol. The third-order valence-corrected chi connectivity index (χ3v) is 9.04. The highest BCUT2D eigenvalue weighted by molar-refractivity contribution is 7.98. The Bertz CT molecular complexity index is 1780. The van der Waals surface area contributed by atoms with Crippen LogP contribution in [0.5, 0.6) is 5.75 Å². The van der Waals surface area contributed by atoms with Gasteiger partial charge in [-0.1, -0.05) is 24.3 Å². The SMILES string of the molecule is COC(=O)C(C)(C)OC(=O)OCOc1c2n(ccc1=O)N([C@@H]1c3ccccc3SCc3c1ccc(F)c3F)[C@@H]1COCCN1C2=O. The first-order valence-corrected chi connectivity index (χ1v) is 15.2. The highest BCUT2D eigenvalue weighted by Crippen LogP contribution is 2.45. The predicted molar refractivity (Wildman–Crippen MR) is 158 cm³/mol. The number of carbonyl (C=O) groups is 3. The van der Waals surface area contributed by atoms with Crippen molar-refractivity contribution in [2.75, 3.05) is 38.7 Å². The predicted octanol–water partition coefficient (Wildman–Crippen LogP) is 3.71.